The smallest absolute Gasteiger partial charge is 0.347 e. The molecule has 1 aromatic heterocycles. The Morgan fingerprint density at radius 2 is 1.81 bits per heavy atom. The lowest BCUT2D eigenvalue weighted by Crippen LogP contribution is -2.19. The van der Waals surface area contributed by atoms with Crippen molar-refractivity contribution >= 4 is 33.7 Å². The van der Waals surface area contributed by atoms with Crippen LogP contribution >= 0.6 is 15.9 Å². The summed E-state index contributed by atoms with van der Waals surface area (Å²) in [5, 5.41) is 2.80. The Hall–Kier alpha value is -1.89. The Labute approximate surface area is 131 Å². The Morgan fingerprint density at radius 3 is 2.29 bits per heavy atom. The van der Waals surface area contributed by atoms with E-state index in [2.05, 4.69) is 26.2 Å². The largest absolute Gasteiger partial charge is 0.462 e. The molecule has 1 N–H and O–H groups in total. The van der Waals surface area contributed by atoms with Gasteiger partial charge in [0.15, 0.2) is 5.57 Å². The van der Waals surface area contributed by atoms with Crippen LogP contribution in [0, 0.1) is 6.92 Å². The Balaban J connectivity index is 2.96. The third kappa shape index (κ3) is 5.55. The number of aromatic nitrogens is 1. The number of nitrogens with one attached hydrogen (secondary N) is 1. The van der Waals surface area contributed by atoms with E-state index in [1.165, 1.54) is 6.20 Å². The number of nitrogens with zero attached hydrogens (tertiary/aromatic N) is 1. The highest BCUT2D eigenvalue weighted by Gasteiger charge is 2.20. The molecule has 21 heavy (non-hydrogen) atoms. The second kappa shape index (κ2) is 8.41. The van der Waals surface area contributed by atoms with Crippen LogP contribution in [-0.2, 0) is 19.1 Å². The number of anilines is 1. The van der Waals surface area contributed by atoms with Gasteiger partial charge in [0.1, 0.15) is 5.82 Å². The number of halogens is 1. The topological polar surface area (TPSA) is 77.5 Å². The highest BCUT2D eigenvalue weighted by Crippen LogP contribution is 2.16. The average molecular weight is 357 g/mol. The maximum Gasteiger partial charge on any atom is 0.347 e. The lowest BCUT2D eigenvalue weighted by atomic mass is 10.3. The van der Waals surface area contributed by atoms with Crippen molar-refractivity contribution in [1.82, 2.24) is 4.98 Å². The van der Waals surface area contributed by atoms with Crippen molar-refractivity contribution in [3.63, 3.8) is 0 Å². The molecular formula is C14H17BrN2O4. The molecule has 0 aliphatic rings. The molecule has 0 atom stereocenters. The first-order chi connectivity index (χ1) is 9.97. The molecule has 7 heteroatoms. The predicted molar refractivity (Wildman–Crippen MR) is 81.6 cm³/mol. The zero-order chi connectivity index (χ0) is 15.8. The molecule has 0 spiro atoms. The summed E-state index contributed by atoms with van der Waals surface area (Å²) in [6.45, 7) is 5.49. The van der Waals surface area contributed by atoms with Crippen LogP contribution in [0.4, 0.5) is 5.82 Å². The molecule has 0 aliphatic heterocycles. The maximum atomic E-state index is 11.8. The molecule has 6 nitrogen and oxygen atoms in total. The highest BCUT2D eigenvalue weighted by molar-refractivity contribution is 9.10. The van der Waals surface area contributed by atoms with E-state index in [0.717, 1.165) is 10.2 Å². The van der Waals surface area contributed by atoms with Crippen LogP contribution in [0.2, 0.25) is 0 Å². The molecule has 0 saturated carbocycles. The van der Waals surface area contributed by atoms with E-state index < -0.39 is 11.9 Å². The van der Waals surface area contributed by atoms with Gasteiger partial charge in [-0.25, -0.2) is 14.6 Å². The summed E-state index contributed by atoms with van der Waals surface area (Å²) in [6, 6.07) is 3.56. The number of pyridine rings is 1. The summed E-state index contributed by atoms with van der Waals surface area (Å²) in [4.78, 5) is 27.7. The van der Waals surface area contributed by atoms with Gasteiger partial charge in [-0.1, -0.05) is 15.9 Å². The Morgan fingerprint density at radius 1 is 1.24 bits per heavy atom. The van der Waals surface area contributed by atoms with E-state index in [-0.39, 0.29) is 18.8 Å². The van der Waals surface area contributed by atoms with Gasteiger partial charge in [-0.05, 0) is 32.9 Å². The molecule has 0 aromatic carbocycles. The number of esters is 2. The monoisotopic (exact) mass is 356 g/mol. The average Bonchev–Trinajstić information content (AvgIpc) is 2.38. The second-order valence-electron chi connectivity index (χ2n) is 3.96. The standard InChI is InChI=1S/C14H17BrN2O4/c1-4-20-13(18)11(14(19)21-5-2)8-16-12-7-10(15)6-9(3)17-12/h6-8H,4-5H2,1-3H3,(H,16,17). The van der Waals surface area contributed by atoms with Crippen LogP contribution in [0.3, 0.4) is 0 Å². The van der Waals surface area contributed by atoms with Crippen LogP contribution in [0.5, 0.6) is 0 Å². The quantitative estimate of drug-likeness (QED) is 0.365. The van der Waals surface area contributed by atoms with E-state index >= 15 is 0 Å². The molecule has 0 fully saturated rings. The second-order valence-corrected chi connectivity index (χ2v) is 4.87. The number of rotatable bonds is 6. The third-order valence-electron chi connectivity index (χ3n) is 2.27. The van der Waals surface area contributed by atoms with E-state index in [4.69, 9.17) is 9.47 Å². The first-order valence-electron chi connectivity index (χ1n) is 6.43. The summed E-state index contributed by atoms with van der Waals surface area (Å²) < 4.78 is 10.5. The summed E-state index contributed by atoms with van der Waals surface area (Å²) in [5.74, 6) is -0.988. The van der Waals surface area contributed by atoms with Gasteiger partial charge in [0, 0.05) is 16.4 Å². The Bertz CT molecular complexity index is 518. The van der Waals surface area contributed by atoms with Gasteiger partial charge in [-0.15, -0.1) is 0 Å². The van der Waals surface area contributed by atoms with Gasteiger partial charge in [0.05, 0.1) is 13.2 Å². The minimum atomic E-state index is -0.741. The van der Waals surface area contributed by atoms with Crippen molar-refractivity contribution in [2.45, 2.75) is 20.8 Å². The molecule has 0 unspecified atom stereocenters. The molecule has 0 bridgehead atoms. The van der Waals surface area contributed by atoms with Crippen molar-refractivity contribution in [3.05, 3.63) is 34.1 Å². The molecule has 0 saturated heterocycles. The fraction of sp³-hybridized carbons (Fsp3) is 0.357. The first kappa shape index (κ1) is 17.2. The van der Waals surface area contributed by atoms with Gasteiger partial charge in [-0.3, -0.25) is 0 Å². The summed E-state index contributed by atoms with van der Waals surface area (Å²) in [5.41, 5.74) is 0.576. The molecule has 0 amide bonds. The van der Waals surface area contributed by atoms with Crippen LogP contribution in [0.25, 0.3) is 0 Å². The molecule has 1 aromatic rings. The van der Waals surface area contributed by atoms with Crippen LogP contribution < -0.4 is 5.32 Å². The minimum Gasteiger partial charge on any atom is -0.462 e. The molecule has 0 aliphatic carbocycles. The van der Waals surface area contributed by atoms with Crippen molar-refractivity contribution in [1.29, 1.82) is 0 Å². The minimum absolute atomic E-state index is 0.170. The van der Waals surface area contributed by atoms with E-state index in [0.29, 0.717) is 5.82 Å². The highest BCUT2D eigenvalue weighted by atomic mass is 79.9. The van der Waals surface area contributed by atoms with Gasteiger partial charge >= 0.3 is 11.9 Å². The van der Waals surface area contributed by atoms with E-state index in [1.807, 2.05) is 13.0 Å². The van der Waals surface area contributed by atoms with E-state index in [9.17, 15) is 9.59 Å². The lowest BCUT2D eigenvalue weighted by Gasteiger charge is -2.08. The van der Waals surface area contributed by atoms with E-state index in [1.54, 1.807) is 19.9 Å². The first-order valence-corrected chi connectivity index (χ1v) is 7.22. The van der Waals surface area contributed by atoms with Gasteiger partial charge in [-0.2, -0.15) is 0 Å². The predicted octanol–water partition coefficient (Wildman–Crippen LogP) is 2.57. The van der Waals surface area contributed by atoms with Gasteiger partial charge in [0.2, 0.25) is 0 Å². The fourth-order valence-corrected chi connectivity index (χ4v) is 2.01. The molecular weight excluding hydrogens is 340 g/mol. The third-order valence-corrected chi connectivity index (χ3v) is 2.73. The molecule has 1 heterocycles. The van der Waals surface area contributed by atoms with Gasteiger partial charge < -0.3 is 14.8 Å². The van der Waals surface area contributed by atoms with Crippen molar-refractivity contribution in [2.24, 2.45) is 0 Å². The number of hydrogen-bond donors (Lipinski definition) is 1. The maximum absolute atomic E-state index is 11.8. The number of ether oxygens (including phenoxy) is 2. The summed E-state index contributed by atoms with van der Waals surface area (Å²) >= 11 is 3.34. The zero-order valence-corrected chi connectivity index (χ0v) is 13.7. The molecule has 114 valence electrons. The molecule has 0 radical (unpaired) electrons. The number of carbonyl (C=O) groups is 2. The number of aryl methyl sites for hydroxylation is 1. The molecule has 1 rings (SSSR count). The van der Waals surface area contributed by atoms with Crippen molar-refractivity contribution < 1.29 is 19.1 Å². The summed E-state index contributed by atoms with van der Waals surface area (Å²) in [7, 11) is 0. The van der Waals surface area contributed by atoms with Crippen LogP contribution in [-0.4, -0.2) is 30.1 Å². The normalized spacial score (nSPS) is 9.71. The number of carbonyl (C=O) groups excluding carboxylic acids is 2. The van der Waals surface area contributed by atoms with Crippen LogP contribution in [0.15, 0.2) is 28.4 Å². The number of hydrogen-bond acceptors (Lipinski definition) is 6. The van der Waals surface area contributed by atoms with Crippen molar-refractivity contribution in [2.75, 3.05) is 18.5 Å². The Kier molecular flexibility index (Phi) is 6.87. The fourth-order valence-electron chi connectivity index (χ4n) is 1.47. The van der Waals surface area contributed by atoms with Crippen molar-refractivity contribution in [3.8, 4) is 0 Å². The summed E-state index contributed by atoms with van der Waals surface area (Å²) in [6.07, 6.45) is 1.24. The zero-order valence-electron chi connectivity index (χ0n) is 12.1. The lowest BCUT2D eigenvalue weighted by molar-refractivity contribution is -0.146. The van der Waals surface area contributed by atoms with Gasteiger partial charge in [0.25, 0.3) is 0 Å². The SMILES string of the molecule is CCOC(=O)C(=CNc1cc(Br)cc(C)n1)C(=O)OCC. The van der Waals surface area contributed by atoms with Crippen LogP contribution in [0.1, 0.15) is 19.5 Å².